The van der Waals surface area contributed by atoms with Crippen LogP contribution in [0.3, 0.4) is 0 Å². The summed E-state index contributed by atoms with van der Waals surface area (Å²) in [6.45, 7) is 6.30. The Hall–Kier alpha value is -0.116. The summed E-state index contributed by atoms with van der Waals surface area (Å²) in [6, 6.07) is 9.48. The molecule has 0 atom stereocenters. The molecule has 0 bridgehead atoms. The summed E-state index contributed by atoms with van der Waals surface area (Å²) in [7, 11) is 0. The largest absolute Gasteiger partial charge is 0.179 e. The van der Waals surface area contributed by atoms with Crippen LogP contribution in [0.2, 0.25) is 0 Å². The fourth-order valence-electron chi connectivity index (χ4n) is 1.34. The first-order chi connectivity index (χ1) is 7.16. The second-order valence-corrected chi connectivity index (χ2v) is 5.00. The zero-order chi connectivity index (χ0) is 10.8. The molecule has 0 spiro atoms. The molecule has 0 aliphatic rings. The van der Waals surface area contributed by atoms with E-state index >= 15 is 0 Å². The van der Waals surface area contributed by atoms with Crippen LogP contribution in [0.5, 0.6) is 0 Å². The van der Waals surface area contributed by atoms with Crippen LogP contribution in [0, 0.1) is 13.0 Å². The molecule has 0 amide bonds. The first-order valence-electron chi connectivity index (χ1n) is 4.99. The molecule has 16 heavy (non-hydrogen) atoms. The molecule has 1 aromatic heterocycles. The predicted molar refractivity (Wildman–Crippen MR) is 63.0 cm³/mol. The molecule has 2 aromatic rings. The minimum absolute atomic E-state index is 0. The molecule has 2 nitrogen and oxygen atoms in total. The smallest absolute Gasteiger partial charge is 0.113 e. The number of aryl methyl sites for hydroxylation is 1. The predicted octanol–water partition coefficient (Wildman–Crippen LogP) is 3.43. The van der Waals surface area contributed by atoms with Crippen molar-refractivity contribution in [1.82, 2.24) is 10.2 Å². The number of hydrogen-bond acceptors (Lipinski definition) is 3. The van der Waals surface area contributed by atoms with Gasteiger partial charge in [0, 0.05) is 32.7 Å². The van der Waals surface area contributed by atoms with Crippen molar-refractivity contribution in [1.29, 1.82) is 0 Å². The summed E-state index contributed by atoms with van der Waals surface area (Å²) >= 11 is 1.61. The zero-order valence-corrected chi connectivity index (χ0v) is 13.3. The van der Waals surface area contributed by atoms with Crippen LogP contribution in [0.4, 0.5) is 0 Å². The van der Waals surface area contributed by atoms with E-state index in [1.165, 1.54) is 5.56 Å². The van der Waals surface area contributed by atoms with Crippen molar-refractivity contribution in [2.45, 2.75) is 26.7 Å². The van der Waals surface area contributed by atoms with Crippen LogP contribution in [-0.4, -0.2) is 10.2 Å². The molecule has 0 aliphatic carbocycles. The molecule has 0 saturated heterocycles. The molecule has 0 fully saturated rings. The number of benzene rings is 1. The van der Waals surface area contributed by atoms with E-state index in [9.17, 15) is 0 Å². The van der Waals surface area contributed by atoms with Gasteiger partial charge in [-0.1, -0.05) is 19.4 Å². The zero-order valence-electron chi connectivity index (χ0n) is 9.69. The van der Waals surface area contributed by atoms with Gasteiger partial charge in [0.05, 0.1) is 5.01 Å². The van der Waals surface area contributed by atoms with Gasteiger partial charge in [-0.05, 0) is 12.8 Å². The maximum Gasteiger partial charge on any atom is 0.113 e. The van der Waals surface area contributed by atoms with Crippen LogP contribution in [0.15, 0.2) is 18.2 Å². The average molecular weight is 306 g/mol. The Bertz CT molecular complexity index is 448. The quantitative estimate of drug-likeness (QED) is 0.794. The maximum absolute atomic E-state index is 4.11. The van der Waals surface area contributed by atoms with E-state index in [0.717, 1.165) is 15.6 Å². The molecule has 0 aliphatic heterocycles. The Labute approximate surface area is 125 Å². The fraction of sp³-hybridized carbons (Fsp3) is 0.333. The third-order valence-electron chi connectivity index (χ3n) is 2.23. The van der Waals surface area contributed by atoms with Gasteiger partial charge in [0.2, 0.25) is 0 Å². The summed E-state index contributed by atoms with van der Waals surface area (Å²) in [4.78, 5) is 0. The SMILES string of the molecule is Cc1nnc(-c2c[c-]c(C(C)C)cc2)s1.[Y]. The van der Waals surface area contributed by atoms with Crippen LogP contribution in [0.25, 0.3) is 10.6 Å². The molecular weight excluding hydrogens is 293 g/mol. The van der Waals surface area contributed by atoms with Crippen LogP contribution in [0.1, 0.15) is 30.3 Å². The van der Waals surface area contributed by atoms with Gasteiger partial charge in [0.15, 0.2) is 0 Å². The molecule has 1 heterocycles. The van der Waals surface area contributed by atoms with Gasteiger partial charge in [-0.2, -0.15) is 34.9 Å². The Balaban J connectivity index is 0.00000128. The van der Waals surface area contributed by atoms with E-state index in [1.54, 1.807) is 11.3 Å². The van der Waals surface area contributed by atoms with Gasteiger partial charge >= 0.3 is 0 Å². The molecule has 1 radical (unpaired) electrons. The standard InChI is InChI=1S/C12H13N2S.Y/c1-8(2)10-4-6-11(7-5-10)12-14-13-9(3)15-12;/h4,6-8H,1-3H3;/q-1;. The Morgan fingerprint density at radius 1 is 1.25 bits per heavy atom. The minimum atomic E-state index is 0. The van der Waals surface area contributed by atoms with Crippen molar-refractivity contribution in [3.63, 3.8) is 0 Å². The molecule has 1 aromatic carbocycles. The monoisotopic (exact) mass is 306 g/mol. The van der Waals surface area contributed by atoms with Gasteiger partial charge in [0.1, 0.15) is 5.01 Å². The number of rotatable bonds is 2. The number of hydrogen-bond donors (Lipinski definition) is 0. The number of nitrogens with zero attached hydrogens (tertiary/aromatic N) is 2. The van der Waals surface area contributed by atoms with Gasteiger partial charge < -0.3 is 0 Å². The van der Waals surface area contributed by atoms with Crippen molar-refractivity contribution in [2.24, 2.45) is 0 Å². The Kier molecular flexibility index (Phi) is 5.22. The molecule has 0 unspecified atom stereocenters. The van der Waals surface area contributed by atoms with Crippen LogP contribution in [-0.2, 0) is 32.7 Å². The van der Waals surface area contributed by atoms with Crippen molar-refractivity contribution in [3.8, 4) is 10.6 Å². The van der Waals surface area contributed by atoms with Gasteiger partial charge in [-0.3, -0.25) is 0 Å². The van der Waals surface area contributed by atoms with E-state index in [4.69, 9.17) is 0 Å². The molecule has 0 saturated carbocycles. The van der Waals surface area contributed by atoms with Crippen molar-refractivity contribution in [3.05, 3.63) is 34.8 Å². The second-order valence-electron chi connectivity index (χ2n) is 3.81. The van der Waals surface area contributed by atoms with E-state index in [2.05, 4.69) is 42.2 Å². The van der Waals surface area contributed by atoms with Crippen LogP contribution < -0.4 is 0 Å². The average Bonchev–Trinajstić information content (AvgIpc) is 2.65. The number of aromatic nitrogens is 2. The Morgan fingerprint density at radius 3 is 2.44 bits per heavy atom. The normalized spacial score (nSPS) is 10.2. The topological polar surface area (TPSA) is 25.8 Å². The van der Waals surface area contributed by atoms with Gasteiger partial charge in [0.25, 0.3) is 0 Å². The summed E-state index contributed by atoms with van der Waals surface area (Å²) in [5, 5.41) is 10.1. The molecule has 81 valence electrons. The first-order valence-corrected chi connectivity index (χ1v) is 5.80. The fourth-order valence-corrected chi connectivity index (χ4v) is 2.03. The molecule has 0 N–H and O–H groups in total. The second kappa shape index (κ2) is 5.99. The molecule has 4 heteroatoms. The Morgan fingerprint density at radius 2 is 2.00 bits per heavy atom. The van der Waals surface area contributed by atoms with E-state index < -0.39 is 0 Å². The molecular formula is C12H13N2SY-. The van der Waals surface area contributed by atoms with Crippen LogP contribution >= 0.6 is 11.3 Å². The van der Waals surface area contributed by atoms with Gasteiger partial charge in [-0.25, -0.2) is 0 Å². The first kappa shape index (κ1) is 13.9. The summed E-state index contributed by atoms with van der Waals surface area (Å²) < 4.78 is 0. The van der Waals surface area contributed by atoms with Crippen molar-refractivity contribution in [2.75, 3.05) is 0 Å². The maximum atomic E-state index is 4.11. The van der Waals surface area contributed by atoms with E-state index in [-0.39, 0.29) is 32.7 Å². The third-order valence-corrected chi connectivity index (χ3v) is 3.12. The summed E-state index contributed by atoms with van der Waals surface area (Å²) in [5.74, 6) is 0.523. The van der Waals surface area contributed by atoms with Crippen molar-refractivity contribution < 1.29 is 32.7 Å². The summed E-state index contributed by atoms with van der Waals surface area (Å²) in [5.41, 5.74) is 2.34. The third kappa shape index (κ3) is 3.19. The van der Waals surface area contributed by atoms with E-state index in [1.807, 2.05) is 13.0 Å². The van der Waals surface area contributed by atoms with Gasteiger partial charge in [-0.15, -0.1) is 16.4 Å². The minimum Gasteiger partial charge on any atom is -0.179 e. The van der Waals surface area contributed by atoms with Crippen molar-refractivity contribution >= 4 is 11.3 Å². The summed E-state index contributed by atoms with van der Waals surface area (Å²) in [6.07, 6.45) is 0. The molecule has 2 rings (SSSR count). The van der Waals surface area contributed by atoms with E-state index in [0.29, 0.717) is 5.92 Å².